The van der Waals surface area contributed by atoms with Crippen LogP contribution in [0.15, 0.2) is 30.3 Å². The van der Waals surface area contributed by atoms with E-state index in [1.54, 1.807) is 0 Å². The van der Waals surface area contributed by atoms with Crippen LogP contribution >= 0.6 is 0 Å². The highest BCUT2D eigenvalue weighted by atomic mass is 16.5. The first-order valence-electron chi connectivity index (χ1n) is 5.94. The van der Waals surface area contributed by atoms with Crippen LogP contribution in [0.4, 0.5) is 0 Å². The predicted molar refractivity (Wildman–Crippen MR) is 68.3 cm³/mol. The van der Waals surface area contributed by atoms with Gasteiger partial charge in [0.15, 0.2) is 0 Å². The van der Waals surface area contributed by atoms with E-state index in [1.165, 1.54) is 0 Å². The van der Waals surface area contributed by atoms with Gasteiger partial charge in [-0.25, -0.2) is 4.79 Å². The van der Waals surface area contributed by atoms with Crippen LogP contribution in [0.3, 0.4) is 0 Å². The molecule has 0 bridgehead atoms. The highest BCUT2D eigenvalue weighted by Crippen LogP contribution is 2.05. The molecule has 0 radical (unpaired) electrons. The van der Waals surface area contributed by atoms with Crippen LogP contribution in [0.1, 0.15) is 25.8 Å². The summed E-state index contributed by atoms with van der Waals surface area (Å²) in [5, 5.41) is 7.61. The first-order valence-corrected chi connectivity index (χ1v) is 5.94. The van der Waals surface area contributed by atoms with Crippen LogP contribution in [0.25, 0.3) is 0 Å². The number of benzene rings is 1. The van der Waals surface area contributed by atoms with Crippen LogP contribution in [0, 0.1) is 11.3 Å². The summed E-state index contributed by atoms with van der Waals surface area (Å²) in [6.07, 6.45) is 1.48. The summed E-state index contributed by atoms with van der Waals surface area (Å²) in [4.78, 5) is 11.5. The second kappa shape index (κ2) is 6.84. The minimum absolute atomic E-state index is 0.0285. The van der Waals surface area contributed by atoms with E-state index in [1.807, 2.05) is 44.2 Å². The smallest absolute Gasteiger partial charge is 0.352 e. The molecule has 1 atom stereocenters. The Hall–Kier alpha value is -1.64. The van der Waals surface area contributed by atoms with Crippen molar-refractivity contribution in [2.75, 3.05) is 6.61 Å². The van der Waals surface area contributed by atoms with E-state index in [0.717, 1.165) is 12.0 Å². The Morgan fingerprint density at radius 1 is 1.35 bits per heavy atom. The lowest BCUT2D eigenvalue weighted by Crippen LogP contribution is -2.23. The maximum atomic E-state index is 11.5. The van der Waals surface area contributed by atoms with Gasteiger partial charge in [-0.05, 0) is 12.0 Å². The Morgan fingerprint density at radius 2 is 2.00 bits per heavy atom. The molecule has 0 spiro atoms. The predicted octanol–water partition coefficient (Wildman–Crippen LogP) is 2.84. The van der Waals surface area contributed by atoms with Gasteiger partial charge < -0.3 is 4.74 Å². The fourth-order valence-corrected chi connectivity index (χ4v) is 1.39. The third-order valence-corrected chi connectivity index (χ3v) is 2.79. The molecule has 0 saturated heterocycles. The molecular weight excluding hydrogens is 214 g/mol. The first kappa shape index (κ1) is 13.4. The largest absolute Gasteiger partial charge is 0.461 e. The normalized spacial score (nSPS) is 11.9. The molecule has 3 nitrogen and oxygen atoms in total. The number of esters is 1. The van der Waals surface area contributed by atoms with Crippen molar-refractivity contribution in [2.45, 2.75) is 26.7 Å². The number of hydrogen-bond acceptors (Lipinski definition) is 3. The average molecular weight is 233 g/mol. The lowest BCUT2D eigenvalue weighted by Gasteiger charge is -2.10. The van der Waals surface area contributed by atoms with Crippen molar-refractivity contribution in [2.24, 2.45) is 5.92 Å². The second-order valence-electron chi connectivity index (χ2n) is 4.09. The van der Waals surface area contributed by atoms with Gasteiger partial charge in [-0.15, -0.1) is 0 Å². The van der Waals surface area contributed by atoms with E-state index < -0.39 is 5.97 Å². The fraction of sp³-hybridized carbons (Fsp3) is 0.429. The van der Waals surface area contributed by atoms with Gasteiger partial charge in [0, 0.05) is 12.3 Å². The highest BCUT2D eigenvalue weighted by Gasteiger charge is 2.16. The molecule has 0 aromatic heterocycles. The summed E-state index contributed by atoms with van der Waals surface area (Å²) >= 11 is 0. The van der Waals surface area contributed by atoms with Gasteiger partial charge in [0.25, 0.3) is 0 Å². The van der Waals surface area contributed by atoms with Crippen molar-refractivity contribution in [3.8, 4) is 0 Å². The zero-order valence-electron chi connectivity index (χ0n) is 10.4. The van der Waals surface area contributed by atoms with Gasteiger partial charge in [0.1, 0.15) is 5.71 Å². The van der Waals surface area contributed by atoms with E-state index in [-0.39, 0.29) is 11.6 Å². The summed E-state index contributed by atoms with van der Waals surface area (Å²) in [7, 11) is 0. The molecule has 1 rings (SSSR count). The van der Waals surface area contributed by atoms with Gasteiger partial charge in [0.2, 0.25) is 0 Å². The van der Waals surface area contributed by atoms with Gasteiger partial charge in [0.05, 0.1) is 6.61 Å². The number of rotatable bonds is 6. The standard InChI is InChI=1S/C14H19NO2/c1-3-11(2)13(15)14(16)17-10-9-12-7-5-4-6-8-12/h4-8,11,15H,3,9-10H2,1-2H3. The van der Waals surface area contributed by atoms with Crippen molar-refractivity contribution in [1.29, 1.82) is 5.41 Å². The molecule has 0 aliphatic rings. The Bertz CT molecular complexity index is 373. The topological polar surface area (TPSA) is 50.2 Å². The minimum Gasteiger partial charge on any atom is -0.461 e. The van der Waals surface area contributed by atoms with Crippen molar-refractivity contribution in [3.05, 3.63) is 35.9 Å². The zero-order chi connectivity index (χ0) is 12.7. The van der Waals surface area contributed by atoms with Gasteiger partial charge in [-0.3, -0.25) is 5.41 Å². The number of ether oxygens (including phenoxy) is 1. The quantitative estimate of drug-likeness (QED) is 0.606. The van der Waals surface area contributed by atoms with Crippen LogP contribution < -0.4 is 0 Å². The summed E-state index contributed by atoms with van der Waals surface area (Å²) in [6, 6.07) is 9.85. The Labute approximate surface area is 102 Å². The summed E-state index contributed by atoms with van der Waals surface area (Å²) in [6.45, 7) is 4.15. The summed E-state index contributed by atoms with van der Waals surface area (Å²) < 4.78 is 5.07. The van der Waals surface area contributed by atoms with Gasteiger partial charge in [-0.2, -0.15) is 0 Å². The van der Waals surface area contributed by atoms with E-state index in [9.17, 15) is 4.79 Å². The highest BCUT2D eigenvalue weighted by molar-refractivity contribution is 6.35. The molecule has 0 heterocycles. The first-order chi connectivity index (χ1) is 8.15. The SMILES string of the molecule is CCC(C)C(=N)C(=O)OCCc1ccccc1. The van der Waals surface area contributed by atoms with E-state index >= 15 is 0 Å². The van der Waals surface area contributed by atoms with E-state index in [0.29, 0.717) is 13.0 Å². The number of hydrogen-bond donors (Lipinski definition) is 1. The van der Waals surface area contributed by atoms with E-state index in [4.69, 9.17) is 10.1 Å². The fourth-order valence-electron chi connectivity index (χ4n) is 1.39. The molecule has 0 aliphatic heterocycles. The molecule has 1 unspecified atom stereocenters. The zero-order valence-corrected chi connectivity index (χ0v) is 10.4. The summed E-state index contributed by atoms with van der Waals surface area (Å²) in [5.41, 5.74) is 1.20. The Kier molecular flexibility index (Phi) is 5.40. The van der Waals surface area contributed by atoms with E-state index in [2.05, 4.69) is 0 Å². The molecule has 0 saturated carbocycles. The van der Waals surface area contributed by atoms with Crippen LogP contribution in [0.2, 0.25) is 0 Å². The third kappa shape index (κ3) is 4.39. The average Bonchev–Trinajstić information content (AvgIpc) is 2.38. The molecule has 1 N–H and O–H groups in total. The van der Waals surface area contributed by atoms with Crippen molar-refractivity contribution in [1.82, 2.24) is 0 Å². The molecular formula is C14H19NO2. The Balaban J connectivity index is 2.32. The number of nitrogens with one attached hydrogen (secondary N) is 1. The number of carbonyl (C=O) groups is 1. The molecule has 0 aliphatic carbocycles. The van der Waals surface area contributed by atoms with Crippen LogP contribution in [-0.2, 0) is 16.0 Å². The molecule has 0 fully saturated rings. The van der Waals surface area contributed by atoms with Gasteiger partial charge in [-0.1, -0.05) is 44.2 Å². The maximum absolute atomic E-state index is 11.5. The maximum Gasteiger partial charge on any atom is 0.352 e. The molecule has 3 heteroatoms. The third-order valence-electron chi connectivity index (χ3n) is 2.79. The minimum atomic E-state index is -0.490. The van der Waals surface area contributed by atoms with Crippen LogP contribution in [-0.4, -0.2) is 18.3 Å². The lowest BCUT2D eigenvalue weighted by atomic mass is 10.0. The number of carbonyl (C=O) groups excluding carboxylic acids is 1. The molecule has 1 aromatic rings. The molecule has 1 aromatic carbocycles. The lowest BCUT2D eigenvalue weighted by molar-refractivity contribution is -0.135. The van der Waals surface area contributed by atoms with Crippen LogP contribution in [0.5, 0.6) is 0 Å². The molecule has 17 heavy (non-hydrogen) atoms. The Morgan fingerprint density at radius 3 is 2.59 bits per heavy atom. The van der Waals surface area contributed by atoms with Crippen molar-refractivity contribution in [3.63, 3.8) is 0 Å². The van der Waals surface area contributed by atoms with Gasteiger partial charge >= 0.3 is 5.97 Å². The molecule has 0 amide bonds. The second-order valence-corrected chi connectivity index (χ2v) is 4.09. The summed E-state index contributed by atoms with van der Waals surface area (Å²) in [5.74, 6) is -0.519. The monoisotopic (exact) mass is 233 g/mol. The molecule has 92 valence electrons. The van der Waals surface area contributed by atoms with Crippen molar-refractivity contribution < 1.29 is 9.53 Å². The van der Waals surface area contributed by atoms with Crippen molar-refractivity contribution >= 4 is 11.7 Å².